The first-order chi connectivity index (χ1) is 18.0. The Morgan fingerprint density at radius 1 is 0.676 bits per heavy atom. The van der Waals surface area contributed by atoms with Gasteiger partial charge >= 0.3 is 0 Å². The molecule has 0 amide bonds. The molecule has 3 aliphatic carbocycles. The molecule has 1 aromatic rings. The van der Waals surface area contributed by atoms with Crippen LogP contribution in [0.4, 0.5) is 8.78 Å². The second-order valence-electron chi connectivity index (χ2n) is 13.6. The van der Waals surface area contributed by atoms with E-state index in [0.29, 0.717) is 30.1 Å². The highest BCUT2D eigenvalue weighted by Crippen LogP contribution is 2.44. The van der Waals surface area contributed by atoms with Gasteiger partial charge in [-0.25, -0.2) is 8.78 Å². The van der Waals surface area contributed by atoms with Crippen molar-refractivity contribution in [3.05, 3.63) is 34.4 Å². The second kappa shape index (κ2) is 12.9. The Morgan fingerprint density at radius 3 is 1.62 bits per heavy atom. The molecular weight excluding hydrogens is 462 g/mol. The number of hydrogen-bond donors (Lipinski definition) is 0. The maximum absolute atomic E-state index is 14.7. The van der Waals surface area contributed by atoms with Crippen molar-refractivity contribution >= 4 is 0 Å². The largest absolute Gasteiger partial charge is 0.368 e. The summed E-state index contributed by atoms with van der Waals surface area (Å²) in [5.41, 5.74) is 1.88. The highest BCUT2D eigenvalue weighted by Gasteiger charge is 2.32. The third kappa shape index (κ3) is 7.17. The van der Waals surface area contributed by atoms with Gasteiger partial charge in [-0.15, -0.1) is 0 Å². The first kappa shape index (κ1) is 27.6. The molecule has 4 fully saturated rings. The van der Waals surface area contributed by atoms with Crippen molar-refractivity contribution in [3.63, 3.8) is 0 Å². The summed E-state index contributed by atoms with van der Waals surface area (Å²) in [6.07, 6.45) is 24.4. The van der Waals surface area contributed by atoms with Crippen molar-refractivity contribution in [2.45, 2.75) is 136 Å². The van der Waals surface area contributed by atoms with Crippen LogP contribution in [0.3, 0.4) is 0 Å². The lowest BCUT2D eigenvalue weighted by Gasteiger charge is -2.38. The number of halogens is 2. The molecule has 1 nitrogen and oxygen atoms in total. The lowest BCUT2D eigenvalue weighted by atomic mass is 9.68. The van der Waals surface area contributed by atoms with Crippen LogP contribution >= 0.6 is 0 Å². The van der Waals surface area contributed by atoms with Crippen molar-refractivity contribution < 1.29 is 13.5 Å². The molecule has 0 bridgehead atoms. The van der Waals surface area contributed by atoms with Crippen LogP contribution in [0.1, 0.15) is 139 Å². The molecule has 3 saturated carbocycles. The Kier molecular flexibility index (Phi) is 9.64. The van der Waals surface area contributed by atoms with E-state index in [4.69, 9.17) is 4.74 Å². The predicted molar refractivity (Wildman–Crippen MR) is 149 cm³/mol. The molecule has 4 aliphatic rings. The van der Waals surface area contributed by atoms with E-state index in [9.17, 15) is 8.78 Å². The highest BCUT2D eigenvalue weighted by atomic mass is 19.2. The fraction of sp³-hybridized carbons (Fsp3) is 0.824. The van der Waals surface area contributed by atoms with Crippen molar-refractivity contribution in [1.29, 1.82) is 0 Å². The number of epoxide rings is 1. The maximum atomic E-state index is 14.7. The zero-order chi connectivity index (χ0) is 25.8. The van der Waals surface area contributed by atoms with Crippen LogP contribution in [0.5, 0.6) is 0 Å². The van der Waals surface area contributed by atoms with E-state index >= 15 is 0 Å². The molecule has 0 radical (unpaired) electrons. The zero-order valence-corrected chi connectivity index (χ0v) is 23.7. The molecule has 0 N–H and O–H groups in total. The fourth-order valence-corrected chi connectivity index (χ4v) is 8.52. The van der Waals surface area contributed by atoms with Gasteiger partial charge in [-0.05, 0) is 98.1 Å². The Balaban J connectivity index is 0.974. The summed E-state index contributed by atoms with van der Waals surface area (Å²) in [6, 6.07) is 1.81. The predicted octanol–water partition coefficient (Wildman–Crippen LogP) is 10.3. The van der Waals surface area contributed by atoms with Gasteiger partial charge in [0.1, 0.15) is 6.10 Å². The van der Waals surface area contributed by atoms with E-state index in [1.165, 1.54) is 103 Å². The monoisotopic (exact) mass is 514 g/mol. The topological polar surface area (TPSA) is 12.5 Å². The van der Waals surface area contributed by atoms with E-state index in [0.717, 1.165) is 41.6 Å². The van der Waals surface area contributed by atoms with Crippen LogP contribution in [0.2, 0.25) is 0 Å². The Morgan fingerprint density at radius 2 is 1.14 bits per heavy atom. The lowest BCUT2D eigenvalue weighted by Crippen LogP contribution is -2.26. The van der Waals surface area contributed by atoms with Gasteiger partial charge in [0.25, 0.3) is 0 Å². The summed E-state index contributed by atoms with van der Waals surface area (Å²) < 4.78 is 34.4. The van der Waals surface area contributed by atoms with Crippen LogP contribution < -0.4 is 0 Å². The van der Waals surface area contributed by atoms with Gasteiger partial charge in [-0.1, -0.05) is 84.0 Å². The number of aryl methyl sites for hydroxylation is 1. The molecule has 1 aromatic carbocycles. The van der Waals surface area contributed by atoms with Crippen molar-refractivity contribution in [2.75, 3.05) is 6.61 Å². The van der Waals surface area contributed by atoms with E-state index in [1.54, 1.807) is 0 Å². The van der Waals surface area contributed by atoms with E-state index in [1.807, 2.05) is 13.0 Å². The smallest absolute Gasteiger partial charge is 0.165 e. The minimum Gasteiger partial charge on any atom is -0.368 e. The van der Waals surface area contributed by atoms with Gasteiger partial charge in [0, 0.05) is 5.56 Å². The molecule has 5 rings (SSSR count). The van der Waals surface area contributed by atoms with Crippen molar-refractivity contribution in [2.24, 2.45) is 35.5 Å². The van der Waals surface area contributed by atoms with Crippen LogP contribution in [0.15, 0.2) is 6.07 Å². The summed E-state index contributed by atoms with van der Waals surface area (Å²) in [7, 11) is 0. The van der Waals surface area contributed by atoms with Crippen molar-refractivity contribution in [1.82, 2.24) is 0 Å². The molecule has 0 spiro atoms. The minimum atomic E-state index is -0.680. The molecule has 1 saturated heterocycles. The first-order valence-corrected chi connectivity index (χ1v) is 16.1. The molecule has 1 aliphatic heterocycles. The molecule has 208 valence electrons. The van der Waals surface area contributed by atoms with Crippen LogP contribution in [-0.2, 0) is 11.2 Å². The normalized spacial score (nSPS) is 34.4. The average molecular weight is 515 g/mol. The Bertz CT molecular complexity index is 853. The molecule has 1 atom stereocenters. The summed E-state index contributed by atoms with van der Waals surface area (Å²) >= 11 is 0. The lowest BCUT2D eigenvalue weighted by molar-refractivity contribution is 0.136. The standard InChI is InChI=1S/C34H52F2O/c1-3-4-24-11-16-28(17-12-24)29-18-13-27(14-19-29)10-7-25-5-8-26(9-6-25)15-20-30-23(2)21-31(32-22-37-32)34(36)33(30)35/h21,24-29,32H,3-20,22H2,1-2H3. The highest BCUT2D eigenvalue weighted by molar-refractivity contribution is 5.36. The SMILES string of the molecule is CCCC1CCC(C2CCC(CCC3CCC(CCc4c(C)cc(C5CO5)c(F)c4F)CC3)CC2)CC1. The average Bonchev–Trinajstić information content (AvgIpc) is 3.77. The Hall–Kier alpha value is -0.960. The molecule has 1 heterocycles. The Labute approximate surface area is 225 Å². The third-order valence-electron chi connectivity index (χ3n) is 11.1. The third-order valence-corrected chi connectivity index (χ3v) is 11.1. The first-order valence-electron chi connectivity index (χ1n) is 16.1. The van der Waals surface area contributed by atoms with Crippen LogP contribution in [-0.4, -0.2) is 6.61 Å². The van der Waals surface area contributed by atoms with Gasteiger partial charge < -0.3 is 4.74 Å². The van der Waals surface area contributed by atoms with Gasteiger partial charge in [-0.2, -0.15) is 0 Å². The number of rotatable bonds is 10. The van der Waals surface area contributed by atoms with Gasteiger partial charge in [-0.3, -0.25) is 0 Å². The molecule has 1 unspecified atom stereocenters. The van der Waals surface area contributed by atoms with Gasteiger partial charge in [0.05, 0.1) is 6.61 Å². The van der Waals surface area contributed by atoms with E-state index < -0.39 is 11.6 Å². The second-order valence-corrected chi connectivity index (χ2v) is 13.6. The number of hydrogen-bond acceptors (Lipinski definition) is 1. The summed E-state index contributed by atoms with van der Waals surface area (Å²) in [6.45, 7) is 4.78. The van der Waals surface area contributed by atoms with Gasteiger partial charge in [0.15, 0.2) is 11.6 Å². The quantitative estimate of drug-likeness (QED) is 0.283. The van der Waals surface area contributed by atoms with Crippen molar-refractivity contribution in [3.8, 4) is 0 Å². The summed E-state index contributed by atoms with van der Waals surface area (Å²) in [5.74, 6) is 4.37. The minimum absolute atomic E-state index is 0.233. The van der Waals surface area contributed by atoms with Crippen LogP contribution in [0, 0.1) is 54.1 Å². The maximum Gasteiger partial charge on any atom is 0.165 e. The molecular formula is C34H52F2O. The van der Waals surface area contributed by atoms with Gasteiger partial charge in [0.2, 0.25) is 0 Å². The fourth-order valence-electron chi connectivity index (χ4n) is 8.52. The summed E-state index contributed by atoms with van der Waals surface area (Å²) in [4.78, 5) is 0. The number of benzene rings is 1. The van der Waals surface area contributed by atoms with Crippen LogP contribution in [0.25, 0.3) is 0 Å². The zero-order valence-electron chi connectivity index (χ0n) is 23.7. The number of ether oxygens (including phenoxy) is 1. The van der Waals surface area contributed by atoms with E-state index in [-0.39, 0.29) is 6.10 Å². The molecule has 3 heteroatoms. The summed E-state index contributed by atoms with van der Waals surface area (Å²) in [5, 5.41) is 0. The van der Waals surface area contributed by atoms with E-state index in [2.05, 4.69) is 6.92 Å². The molecule has 0 aromatic heterocycles. The molecule has 37 heavy (non-hydrogen) atoms.